The van der Waals surface area contributed by atoms with Crippen LogP contribution in [0.3, 0.4) is 0 Å². The molecule has 0 saturated heterocycles. The Morgan fingerprint density at radius 2 is 1.89 bits per heavy atom. The van der Waals surface area contributed by atoms with E-state index in [-0.39, 0.29) is 28.3 Å². The summed E-state index contributed by atoms with van der Waals surface area (Å²) in [4.78, 5) is 17.1. The maximum absolute atomic E-state index is 15.0. The SMILES string of the molecule is O=C(Nn1c(NCc2ccc(-c3cc(Cl)cc(Cl)c3Cl)cc2F)nc2ccccc21)c1cc(O)no1. The van der Waals surface area contributed by atoms with Crippen molar-refractivity contribution < 1.29 is 18.8 Å². The average Bonchev–Trinajstić information content (AvgIpc) is 3.44. The molecule has 3 N–H and O–H groups in total. The van der Waals surface area contributed by atoms with E-state index in [9.17, 15) is 9.90 Å². The third kappa shape index (κ3) is 4.68. The second-order valence-electron chi connectivity index (χ2n) is 7.66. The molecule has 0 atom stereocenters. The van der Waals surface area contributed by atoms with Crippen LogP contribution in [0.4, 0.5) is 10.3 Å². The van der Waals surface area contributed by atoms with Crippen LogP contribution in [-0.4, -0.2) is 25.8 Å². The molecule has 2 aromatic heterocycles. The van der Waals surface area contributed by atoms with Gasteiger partial charge in [0.05, 0.1) is 27.1 Å². The van der Waals surface area contributed by atoms with Gasteiger partial charge in [-0.3, -0.25) is 10.2 Å². The molecule has 0 unspecified atom stereocenters. The minimum absolute atomic E-state index is 0.0540. The van der Waals surface area contributed by atoms with Gasteiger partial charge in [0, 0.05) is 22.7 Å². The Labute approximate surface area is 218 Å². The number of imidazole rings is 1. The summed E-state index contributed by atoms with van der Waals surface area (Å²) < 4.78 is 21.2. The monoisotopic (exact) mass is 545 g/mol. The van der Waals surface area contributed by atoms with Gasteiger partial charge in [-0.15, -0.1) is 0 Å². The number of fused-ring (bicyclic) bond motifs is 1. The van der Waals surface area contributed by atoms with Gasteiger partial charge in [0.25, 0.3) is 5.88 Å². The predicted octanol–water partition coefficient (Wildman–Crippen LogP) is 6.49. The average molecular weight is 547 g/mol. The molecule has 0 spiro atoms. The van der Waals surface area contributed by atoms with Crippen LogP contribution in [0, 0.1) is 5.82 Å². The Hall–Kier alpha value is -3.79. The summed E-state index contributed by atoms with van der Waals surface area (Å²) in [6.45, 7) is 0.0540. The molecule has 0 saturated carbocycles. The number of hydrogen-bond donors (Lipinski definition) is 3. The molecule has 8 nitrogen and oxygen atoms in total. The Balaban J connectivity index is 1.41. The quantitative estimate of drug-likeness (QED) is 0.210. The number of aromatic hydroxyl groups is 1. The van der Waals surface area contributed by atoms with Gasteiger partial charge >= 0.3 is 5.91 Å². The number of rotatable bonds is 6. The molecule has 5 aromatic rings. The van der Waals surface area contributed by atoms with Gasteiger partial charge in [0.1, 0.15) is 5.82 Å². The molecule has 0 bridgehead atoms. The van der Waals surface area contributed by atoms with E-state index in [0.717, 1.165) is 6.07 Å². The molecule has 0 radical (unpaired) electrons. The standard InChI is InChI=1S/C24H15Cl3FN5O3/c25-14-8-15(22(27)16(26)9-14)12-5-6-13(17(28)7-12)11-29-24-30-18-3-1-2-4-19(18)33(24)31-23(35)20-10-21(34)32-36-20/h1-10H,11H2,(H,29,30)(H,31,35)(H,32,34). The molecule has 0 aliphatic heterocycles. The first-order chi connectivity index (χ1) is 17.3. The Morgan fingerprint density at radius 1 is 1.08 bits per heavy atom. The van der Waals surface area contributed by atoms with Crippen LogP contribution in [0.25, 0.3) is 22.2 Å². The van der Waals surface area contributed by atoms with Gasteiger partial charge in [0.2, 0.25) is 11.7 Å². The Morgan fingerprint density at radius 3 is 2.64 bits per heavy atom. The number of anilines is 1. The van der Waals surface area contributed by atoms with E-state index in [2.05, 4.69) is 20.9 Å². The maximum atomic E-state index is 15.0. The van der Waals surface area contributed by atoms with Crippen LogP contribution in [0.5, 0.6) is 5.88 Å². The number of carbonyl (C=O) groups is 1. The molecule has 0 aliphatic carbocycles. The van der Waals surface area contributed by atoms with Crippen molar-refractivity contribution in [2.45, 2.75) is 6.54 Å². The van der Waals surface area contributed by atoms with Gasteiger partial charge in [-0.25, -0.2) is 14.1 Å². The summed E-state index contributed by atoms with van der Waals surface area (Å²) in [5, 5.41) is 16.6. The third-order valence-electron chi connectivity index (χ3n) is 5.29. The Bertz CT molecular complexity index is 1620. The summed E-state index contributed by atoms with van der Waals surface area (Å²) in [6.07, 6.45) is 0. The van der Waals surface area contributed by atoms with Crippen molar-refractivity contribution in [2.24, 2.45) is 0 Å². The molecular formula is C24H15Cl3FN5O3. The van der Waals surface area contributed by atoms with E-state index >= 15 is 4.39 Å². The highest BCUT2D eigenvalue weighted by atomic mass is 35.5. The largest absolute Gasteiger partial charge is 0.491 e. The minimum Gasteiger partial charge on any atom is -0.491 e. The Kier molecular flexibility index (Phi) is 6.44. The summed E-state index contributed by atoms with van der Waals surface area (Å²) in [7, 11) is 0. The summed E-state index contributed by atoms with van der Waals surface area (Å²) in [5.74, 6) is -1.52. The van der Waals surface area contributed by atoms with Crippen molar-refractivity contribution >= 4 is 57.7 Å². The van der Waals surface area contributed by atoms with Gasteiger partial charge in [0.15, 0.2) is 0 Å². The fourth-order valence-electron chi connectivity index (χ4n) is 3.59. The lowest BCUT2D eigenvalue weighted by atomic mass is 10.0. The topological polar surface area (TPSA) is 105 Å². The lowest BCUT2D eigenvalue weighted by molar-refractivity contribution is 0.0973. The lowest BCUT2D eigenvalue weighted by Gasteiger charge is -2.13. The second kappa shape index (κ2) is 9.69. The van der Waals surface area contributed by atoms with Crippen LogP contribution in [-0.2, 0) is 6.54 Å². The summed E-state index contributed by atoms with van der Waals surface area (Å²) >= 11 is 18.5. The van der Waals surface area contributed by atoms with Crippen LogP contribution in [0.2, 0.25) is 15.1 Å². The molecule has 2 heterocycles. The van der Waals surface area contributed by atoms with E-state index in [1.807, 2.05) is 0 Å². The van der Waals surface area contributed by atoms with Gasteiger partial charge in [-0.2, -0.15) is 0 Å². The van der Waals surface area contributed by atoms with Gasteiger partial charge in [-0.1, -0.05) is 59.1 Å². The smallest absolute Gasteiger partial charge is 0.308 e. The number of para-hydroxylation sites is 2. The zero-order chi connectivity index (χ0) is 25.4. The number of amides is 1. The number of benzene rings is 3. The number of nitrogens with zero attached hydrogens (tertiary/aromatic N) is 3. The first-order valence-electron chi connectivity index (χ1n) is 10.4. The number of hydrogen-bond acceptors (Lipinski definition) is 6. The van der Waals surface area contributed by atoms with Gasteiger partial charge < -0.3 is 14.9 Å². The molecular weight excluding hydrogens is 532 g/mol. The van der Waals surface area contributed by atoms with Crippen molar-refractivity contribution in [1.82, 2.24) is 14.8 Å². The van der Waals surface area contributed by atoms with E-state index in [4.69, 9.17) is 39.3 Å². The van der Waals surface area contributed by atoms with E-state index < -0.39 is 17.6 Å². The fraction of sp³-hybridized carbons (Fsp3) is 0.0417. The number of aromatic nitrogens is 3. The zero-order valence-corrected chi connectivity index (χ0v) is 20.4. The number of nitrogens with one attached hydrogen (secondary N) is 2. The first-order valence-corrected chi connectivity index (χ1v) is 11.6. The lowest BCUT2D eigenvalue weighted by Crippen LogP contribution is -2.24. The zero-order valence-electron chi connectivity index (χ0n) is 18.1. The molecule has 0 aliphatic rings. The molecule has 5 rings (SSSR count). The highest BCUT2D eigenvalue weighted by molar-refractivity contribution is 6.45. The van der Waals surface area contributed by atoms with Gasteiger partial charge in [-0.05, 0) is 41.1 Å². The van der Waals surface area contributed by atoms with E-state index in [1.54, 1.807) is 42.5 Å². The van der Waals surface area contributed by atoms with Crippen molar-refractivity contribution in [2.75, 3.05) is 10.7 Å². The van der Waals surface area contributed by atoms with Crippen LogP contribution in [0.15, 0.2) is 65.2 Å². The van der Waals surface area contributed by atoms with Crippen molar-refractivity contribution in [3.05, 3.63) is 92.9 Å². The van der Waals surface area contributed by atoms with E-state index in [1.165, 1.54) is 16.8 Å². The highest BCUT2D eigenvalue weighted by Gasteiger charge is 2.18. The minimum atomic E-state index is -0.665. The second-order valence-corrected chi connectivity index (χ2v) is 8.88. The van der Waals surface area contributed by atoms with Crippen LogP contribution < -0.4 is 10.7 Å². The van der Waals surface area contributed by atoms with Crippen molar-refractivity contribution in [3.63, 3.8) is 0 Å². The van der Waals surface area contributed by atoms with Crippen LogP contribution >= 0.6 is 34.8 Å². The fourth-order valence-corrected chi connectivity index (χ4v) is 4.30. The number of carbonyl (C=O) groups excluding carboxylic acids is 1. The van der Waals surface area contributed by atoms with Crippen molar-refractivity contribution in [3.8, 4) is 17.0 Å². The molecule has 0 fully saturated rings. The molecule has 1 amide bonds. The predicted molar refractivity (Wildman–Crippen MR) is 136 cm³/mol. The molecule has 3 aromatic carbocycles. The molecule has 36 heavy (non-hydrogen) atoms. The maximum Gasteiger partial charge on any atom is 0.308 e. The number of halogens is 4. The normalized spacial score (nSPS) is 11.1. The summed E-state index contributed by atoms with van der Waals surface area (Å²) in [5.41, 5.74) is 5.17. The van der Waals surface area contributed by atoms with E-state index in [0.29, 0.717) is 32.7 Å². The summed E-state index contributed by atoms with van der Waals surface area (Å²) in [6, 6.07) is 15.9. The molecule has 12 heteroatoms. The first kappa shape index (κ1) is 23.9. The molecule has 182 valence electrons. The third-order valence-corrected chi connectivity index (χ3v) is 6.31. The highest BCUT2D eigenvalue weighted by Crippen LogP contribution is 2.37. The van der Waals surface area contributed by atoms with Crippen molar-refractivity contribution in [1.29, 1.82) is 0 Å². The van der Waals surface area contributed by atoms with Crippen LogP contribution in [0.1, 0.15) is 16.1 Å².